The molecule has 0 spiro atoms. The third-order valence-electron chi connectivity index (χ3n) is 2.74. The summed E-state index contributed by atoms with van der Waals surface area (Å²) in [5.41, 5.74) is 6.97. The number of hydrogen-bond donors (Lipinski definition) is 2. The van der Waals surface area contributed by atoms with E-state index in [9.17, 15) is 13.2 Å². The highest BCUT2D eigenvalue weighted by Gasteiger charge is 2.15. The third kappa shape index (κ3) is 5.85. The Morgan fingerprint density at radius 2 is 2.00 bits per heavy atom. The number of amides is 1. The van der Waals surface area contributed by atoms with Crippen LogP contribution in [0.5, 0.6) is 0 Å². The minimum absolute atomic E-state index is 0.0196. The predicted octanol–water partition coefficient (Wildman–Crippen LogP) is 0.375. The van der Waals surface area contributed by atoms with Crippen LogP contribution in [-0.4, -0.2) is 33.2 Å². The number of carbonyl (C=O) groups is 1. The van der Waals surface area contributed by atoms with Gasteiger partial charge in [-0.15, -0.1) is 0 Å². The molecule has 1 aromatic rings. The summed E-state index contributed by atoms with van der Waals surface area (Å²) in [6, 6.07) is 7.34. The van der Waals surface area contributed by atoms with Crippen molar-refractivity contribution in [2.45, 2.75) is 19.1 Å². The molecule has 5 nitrogen and oxygen atoms in total. The van der Waals surface area contributed by atoms with Gasteiger partial charge in [0, 0.05) is 19.5 Å². The summed E-state index contributed by atoms with van der Waals surface area (Å²) in [6.07, 6.45) is -0.0196. The molecule has 0 bridgehead atoms. The second kappa shape index (κ2) is 7.25. The Balaban J connectivity index is 2.53. The van der Waals surface area contributed by atoms with Gasteiger partial charge in [-0.2, -0.15) is 0 Å². The maximum atomic E-state index is 11.9. The highest BCUT2D eigenvalue weighted by atomic mass is 32.2. The average Bonchev–Trinajstić information content (AvgIpc) is 2.36. The van der Waals surface area contributed by atoms with Crippen molar-refractivity contribution in [1.82, 2.24) is 5.32 Å². The van der Waals surface area contributed by atoms with Gasteiger partial charge in [0.1, 0.15) is 0 Å². The van der Waals surface area contributed by atoms with E-state index in [0.717, 1.165) is 11.1 Å². The second-order valence-electron chi connectivity index (χ2n) is 4.41. The first kappa shape index (κ1) is 15.7. The van der Waals surface area contributed by atoms with Gasteiger partial charge >= 0.3 is 0 Å². The van der Waals surface area contributed by atoms with E-state index >= 15 is 0 Å². The van der Waals surface area contributed by atoms with Crippen LogP contribution in [0.25, 0.3) is 0 Å². The lowest BCUT2D eigenvalue weighted by Gasteiger charge is -2.07. The molecule has 0 saturated heterocycles. The van der Waals surface area contributed by atoms with E-state index in [0.29, 0.717) is 13.1 Å². The number of sulfone groups is 1. The standard InChI is InChI=1S/C13H20N2O3S/c1-11-4-2-3-5-12(11)10-19(17,18)9-6-13(16)15-8-7-14/h2-5H,6-10,14H2,1H3,(H,15,16). The van der Waals surface area contributed by atoms with Crippen LogP contribution >= 0.6 is 0 Å². The van der Waals surface area contributed by atoms with Crippen molar-refractivity contribution in [3.8, 4) is 0 Å². The van der Waals surface area contributed by atoms with E-state index < -0.39 is 9.84 Å². The van der Waals surface area contributed by atoms with Gasteiger partial charge in [0.2, 0.25) is 5.91 Å². The Bertz CT molecular complexity index is 526. The molecule has 0 unspecified atom stereocenters. The van der Waals surface area contributed by atoms with Crippen molar-refractivity contribution in [2.24, 2.45) is 5.73 Å². The monoisotopic (exact) mass is 284 g/mol. The smallest absolute Gasteiger partial charge is 0.221 e. The molecule has 0 atom stereocenters. The molecule has 0 heterocycles. The Labute approximate surface area is 114 Å². The number of nitrogens with two attached hydrogens (primary N) is 1. The first-order chi connectivity index (χ1) is 8.94. The van der Waals surface area contributed by atoms with Gasteiger partial charge in [-0.25, -0.2) is 8.42 Å². The van der Waals surface area contributed by atoms with Crippen molar-refractivity contribution < 1.29 is 13.2 Å². The zero-order chi connectivity index (χ0) is 14.3. The predicted molar refractivity (Wildman–Crippen MR) is 75.4 cm³/mol. The summed E-state index contributed by atoms with van der Waals surface area (Å²) >= 11 is 0. The van der Waals surface area contributed by atoms with Gasteiger partial charge in [-0.3, -0.25) is 4.79 Å². The summed E-state index contributed by atoms with van der Waals surface area (Å²) in [5, 5.41) is 2.55. The Kier molecular flexibility index (Phi) is 5.98. The first-order valence-corrected chi connectivity index (χ1v) is 7.98. The molecule has 0 aromatic heterocycles. The minimum Gasteiger partial charge on any atom is -0.355 e. The molecule has 3 N–H and O–H groups in total. The fourth-order valence-electron chi connectivity index (χ4n) is 1.63. The summed E-state index contributed by atoms with van der Waals surface area (Å²) in [6.45, 7) is 2.59. The maximum Gasteiger partial charge on any atom is 0.221 e. The van der Waals surface area contributed by atoms with Crippen LogP contribution in [0.15, 0.2) is 24.3 Å². The topological polar surface area (TPSA) is 89.3 Å². The molecule has 0 aliphatic heterocycles. The van der Waals surface area contributed by atoms with Crippen LogP contribution in [-0.2, 0) is 20.4 Å². The van der Waals surface area contributed by atoms with Crippen LogP contribution in [0.1, 0.15) is 17.5 Å². The number of carbonyl (C=O) groups excluding carboxylic acids is 1. The normalized spacial score (nSPS) is 11.3. The van der Waals surface area contributed by atoms with E-state index in [-0.39, 0.29) is 23.8 Å². The lowest BCUT2D eigenvalue weighted by molar-refractivity contribution is -0.120. The molecule has 19 heavy (non-hydrogen) atoms. The lowest BCUT2D eigenvalue weighted by Crippen LogP contribution is -2.30. The molecule has 1 amide bonds. The van der Waals surface area contributed by atoms with E-state index in [1.807, 2.05) is 25.1 Å². The molecule has 6 heteroatoms. The van der Waals surface area contributed by atoms with Crippen molar-refractivity contribution in [2.75, 3.05) is 18.8 Å². The summed E-state index contributed by atoms with van der Waals surface area (Å²) in [5.74, 6) is -0.444. The van der Waals surface area contributed by atoms with Gasteiger partial charge in [-0.1, -0.05) is 24.3 Å². The van der Waals surface area contributed by atoms with Crippen molar-refractivity contribution in [3.05, 3.63) is 35.4 Å². The fraction of sp³-hybridized carbons (Fsp3) is 0.462. The van der Waals surface area contributed by atoms with Crippen LogP contribution < -0.4 is 11.1 Å². The van der Waals surface area contributed by atoms with E-state index in [1.54, 1.807) is 6.07 Å². The summed E-state index contributed by atoms with van der Waals surface area (Å²) in [7, 11) is -3.27. The molecule has 0 fully saturated rings. The van der Waals surface area contributed by atoms with Gasteiger partial charge in [-0.05, 0) is 18.1 Å². The molecular weight excluding hydrogens is 264 g/mol. The number of nitrogens with one attached hydrogen (secondary N) is 1. The molecule has 0 aliphatic rings. The van der Waals surface area contributed by atoms with Gasteiger partial charge in [0.05, 0.1) is 11.5 Å². The third-order valence-corrected chi connectivity index (χ3v) is 4.32. The number of aryl methyl sites for hydroxylation is 1. The van der Waals surface area contributed by atoms with Crippen molar-refractivity contribution >= 4 is 15.7 Å². The van der Waals surface area contributed by atoms with Crippen molar-refractivity contribution in [3.63, 3.8) is 0 Å². The average molecular weight is 284 g/mol. The Morgan fingerprint density at radius 1 is 1.32 bits per heavy atom. The molecule has 0 radical (unpaired) electrons. The SMILES string of the molecule is Cc1ccccc1CS(=O)(=O)CCC(=O)NCCN. The van der Waals surface area contributed by atoms with Crippen LogP contribution in [0, 0.1) is 6.92 Å². The molecule has 106 valence electrons. The van der Waals surface area contributed by atoms with Crippen LogP contribution in [0.4, 0.5) is 0 Å². The Hall–Kier alpha value is -1.40. The number of benzene rings is 1. The maximum absolute atomic E-state index is 11.9. The highest BCUT2D eigenvalue weighted by Crippen LogP contribution is 2.12. The molecule has 1 rings (SSSR count). The zero-order valence-electron chi connectivity index (χ0n) is 11.1. The van der Waals surface area contributed by atoms with Gasteiger partial charge < -0.3 is 11.1 Å². The second-order valence-corrected chi connectivity index (χ2v) is 6.59. The number of rotatable bonds is 7. The van der Waals surface area contributed by atoms with Gasteiger partial charge in [0.15, 0.2) is 9.84 Å². The first-order valence-electron chi connectivity index (χ1n) is 6.16. The van der Waals surface area contributed by atoms with E-state index in [4.69, 9.17) is 5.73 Å². The lowest BCUT2D eigenvalue weighted by atomic mass is 10.1. The van der Waals surface area contributed by atoms with Crippen LogP contribution in [0.3, 0.4) is 0 Å². The van der Waals surface area contributed by atoms with Crippen LogP contribution in [0.2, 0.25) is 0 Å². The zero-order valence-corrected chi connectivity index (χ0v) is 11.9. The largest absolute Gasteiger partial charge is 0.355 e. The van der Waals surface area contributed by atoms with Crippen molar-refractivity contribution in [1.29, 1.82) is 0 Å². The Morgan fingerprint density at radius 3 is 2.63 bits per heavy atom. The quantitative estimate of drug-likeness (QED) is 0.757. The molecule has 1 aromatic carbocycles. The molecule has 0 aliphatic carbocycles. The van der Waals surface area contributed by atoms with E-state index in [2.05, 4.69) is 5.32 Å². The summed E-state index contributed by atoms with van der Waals surface area (Å²) in [4.78, 5) is 11.3. The van der Waals surface area contributed by atoms with Gasteiger partial charge in [0.25, 0.3) is 0 Å². The summed E-state index contributed by atoms with van der Waals surface area (Å²) < 4.78 is 23.9. The van der Waals surface area contributed by atoms with E-state index in [1.165, 1.54) is 0 Å². The minimum atomic E-state index is -3.27. The highest BCUT2D eigenvalue weighted by molar-refractivity contribution is 7.90. The molecule has 0 saturated carbocycles. The molecular formula is C13H20N2O3S. The fourth-order valence-corrected chi connectivity index (χ4v) is 3.07. The number of hydrogen-bond acceptors (Lipinski definition) is 4.